The Morgan fingerprint density at radius 1 is 1.33 bits per heavy atom. The summed E-state index contributed by atoms with van der Waals surface area (Å²) in [6.45, 7) is 2.23. The van der Waals surface area contributed by atoms with Gasteiger partial charge >= 0.3 is 0 Å². The van der Waals surface area contributed by atoms with Gasteiger partial charge in [-0.15, -0.1) is 0 Å². The fourth-order valence-corrected chi connectivity index (χ4v) is 3.62. The van der Waals surface area contributed by atoms with Crippen LogP contribution in [0.2, 0.25) is 0 Å². The highest BCUT2D eigenvalue weighted by molar-refractivity contribution is 7.81. The van der Waals surface area contributed by atoms with Crippen LogP contribution in [0, 0.1) is 5.82 Å². The topological polar surface area (TPSA) is 87.8 Å². The number of methoxy groups -OCH3 is 1. The van der Waals surface area contributed by atoms with E-state index in [4.69, 9.17) is 21.7 Å². The summed E-state index contributed by atoms with van der Waals surface area (Å²) in [5.74, 6) is -0.110. The maximum Gasteiger partial charge on any atom is 0.256 e. The third kappa shape index (κ3) is 6.39. The molecule has 0 unspecified atom stereocenters. The molecule has 8 nitrogen and oxygen atoms in total. The van der Waals surface area contributed by atoms with Crippen LogP contribution >= 0.6 is 12.2 Å². The summed E-state index contributed by atoms with van der Waals surface area (Å²) >= 11 is 5.51. The minimum Gasteiger partial charge on any atom is -0.492 e. The lowest BCUT2D eigenvalue weighted by Gasteiger charge is -2.24. The summed E-state index contributed by atoms with van der Waals surface area (Å²) in [4.78, 5) is 19.0. The van der Waals surface area contributed by atoms with E-state index in [1.807, 2.05) is 25.1 Å². The van der Waals surface area contributed by atoms with Gasteiger partial charge in [0.15, 0.2) is 11.6 Å². The number of pyridine rings is 1. The summed E-state index contributed by atoms with van der Waals surface area (Å²) in [6.07, 6.45) is 3.95. The minimum absolute atomic E-state index is 0.0301. The molecule has 2 aromatic rings. The number of halogens is 1. The molecule has 1 aliphatic rings. The number of nitrogens with one attached hydrogen (secondary N) is 3. The molecule has 0 bridgehead atoms. The van der Waals surface area contributed by atoms with E-state index in [0.29, 0.717) is 48.8 Å². The zero-order valence-electron chi connectivity index (χ0n) is 18.9. The molecule has 0 aliphatic carbocycles. The molecule has 0 atom stereocenters. The van der Waals surface area contributed by atoms with Gasteiger partial charge in [0.05, 0.1) is 24.6 Å². The first-order valence-electron chi connectivity index (χ1n) is 10.5. The zero-order valence-corrected chi connectivity index (χ0v) is 19.7. The first kappa shape index (κ1) is 24.4. The summed E-state index contributed by atoms with van der Waals surface area (Å²) in [5, 5.41) is 9.09. The highest BCUT2D eigenvalue weighted by Crippen LogP contribution is 2.28. The molecular formula is C23H28FN5O3S. The van der Waals surface area contributed by atoms with Crippen LogP contribution in [-0.4, -0.2) is 61.7 Å². The zero-order chi connectivity index (χ0) is 23.8. The number of benzene rings is 1. The molecule has 2 heterocycles. The highest BCUT2D eigenvalue weighted by Gasteiger charge is 2.25. The Hall–Kier alpha value is -3.24. The van der Waals surface area contributed by atoms with Crippen molar-refractivity contribution in [3.8, 4) is 11.5 Å². The monoisotopic (exact) mass is 473 g/mol. The molecular weight excluding hydrogens is 445 g/mol. The number of anilines is 1. The van der Waals surface area contributed by atoms with E-state index >= 15 is 0 Å². The van der Waals surface area contributed by atoms with Crippen molar-refractivity contribution in [2.45, 2.75) is 13.0 Å². The first-order chi connectivity index (χ1) is 15.9. The second-order valence-electron chi connectivity index (χ2n) is 7.62. The molecule has 1 amide bonds. The molecule has 3 rings (SSSR count). The van der Waals surface area contributed by atoms with Crippen LogP contribution < -0.4 is 25.4 Å². The second-order valence-corrected chi connectivity index (χ2v) is 8.03. The molecule has 1 aliphatic heterocycles. The Labute approximate surface area is 198 Å². The Balaban J connectivity index is 1.78. The Morgan fingerprint density at radius 2 is 2.15 bits per heavy atom. The number of hydrogen-bond donors (Lipinski definition) is 3. The smallest absolute Gasteiger partial charge is 0.256 e. The van der Waals surface area contributed by atoms with E-state index in [-0.39, 0.29) is 16.6 Å². The van der Waals surface area contributed by atoms with E-state index in [1.165, 1.54) is 13.2 Å². The number of thiocarbonyl (C=S) groups is 1. The number of ether oxygens (including phenoxy) is 2. The molecule has 0 saturated heterocycles. The van der Waals surface area contributed by atoms with Gasteiger partial charge in [0.2, 0.25) is 0 Å². The number of likely N-dealkylation sites (N-methyl/N-ethyl adjacent to an activating group) is 1. The first-order valence-corrected chi connectivity index (χ1v) is 10.9. The maximum atomic E-state index is 14.0. The Bertz CT molecular complexity index is 1040. The van der Waals surface area contributed by atoms with Gasteiger partial charge in [-0.05, 0) is 32.3 Å². The SMILES string of the molecule is COc1c(F)cccc1NC(=S)C1=C(NCc2ccncc2OCCN(C)C)CCNC1=O. The van der Waals surface area contributed by atoms with E-state index in [0.717, 1.165) is 12.1 Å². The Kier molecular flexibility index (Phi) is 8.56. The lowest BCUT2D eigenvalue weighted by molar-refractivity contribution is -0.117. The van der Waals surface area contributed by atoms with Gasteiger partial charge in [0.25, 0.3) is 5.91 Å². The quantitative estimate of drug-likeness (QED) is 0.454. The maximum absolute atomic E-state index is 14.0. The van der Waals surface area contributed by atoms with Crippen molar-refractivity contribution < 1.29 is 18.7 Å². The van der Waals surface area contributed by atoms with Crippen LogP contribution in [0.15, 0.2) is 47.9 Å². The van der Waals surface area contributed by atoms with Crippen molar-refractivity contribution in [2.24, 2.45) is 0 Å². The van der Waals surface area contributed by atoms with Crippen LogP contribution in [0.3, 0.4) is 0 Å². The van der Waals surface area contributed by atoms with Crippen molar-refractivity contribution in [1.82, 2.24) is 20.5 Å². The van der Waals surface area contributed by atoms with Crippen LogP contribution in [0.4, 0.5) is 10.1 Å². The number of para-hydroxylation sites is 1. The minimum atomic E-state index is -0.523. The van der Waals surface area contributed by atoms with E-state index in [2.05, 4.69) is 20.9 Å². The third-order valence-corrected chi connectivity index (χ3v) is 5.30. The summed E-state index contributed by atoms with van der Waals surface area (Å²) in [5.41, 5.74) is 2.26. The number of rotatable bonds is 10. The number of amides is 1. The van der Waals surface area contributed by atoms with Gasteiger partial charge in [-0.2, -0.15) is 0 Å². The lowest BCUT2D eigenvalue weighted by atomic mass is 10.1. The summed E-state index contributed by atoms with van der Waals surface area (Å²) < 4.78 is 25.0. The lowest BCUT2D eigenvalue weighted by Crippen LogP contribution is -2.39. The van der Waals surface area contributed by atoms with Crippen molar-refractivity contribution in [3.63, 3.8) is 0 Å². The van der Waals surface area contributed by atoms with Gasteiger partial charge < -0.3 is 30.3 Å². The second kappa shape index (κ2) is 11.6. The normalized spacial score (nSPS) is 13.5. The molecule has 1 aromatic carbocycles. The molecule has 1 aromatic heterocycles. The fourth-order valence-electron chi connectivity index (χ4n) is 3.29. The largest absolute Gasteiger partial charge is 0.492 e. The van der Waals surface area contributed by atoms with Gasteiger partial charge in [0, 0.05) is 43.5 Å². The van der Waals surface area contributed by atoms with Crippen LogP contribution in [0.25, 0.3) is 0 Å². The number of hydrogen-bond acceptors (Lipinski definition) is 7. The van der Waals surface area contributed by atoms with E-state index in [1.54, 1.807) is 24.5 Å². The number of carbonyl (C=O) groups is 1. The molecule has 176 valence electrons. The predicted octanol–water partition coefficient (Wildman–Crippen LogP) is 2.47. The van der Waals surface area contributed by atoms with Crippen molar-refractivity contribution in [3.05, 3.63) is 59.3 Å². The standard InChI is InChI=1S/C23H28FN5O3S/c1-29(2)11-12-32-19-14-25-9-7-15(19)13-27-17-8-10-26-22(30)20(17)23(33)28-18-6-4-5-16(24)21(18)31-3/h4-7,9,14,27H,8,10-13H2,1-3H3,(H,26,30)(H,28,33). The summed E-state index contributed by atoms with van der Waals surface area (Å²) in [6, 6.07) is 6.34. The third-order valence-electron chi connectivity index (χ3n) is 4.99. The molecule has 10 heteroatoms. The molecule has 3 N–H and O–H groups in total. The Morgan fingerprint density at radius 3 is 2.91 bits per heavy atom. The molecule has 0 fully saturated rings. The van der Waals surface area contributed by atoms with Gasteiger partial charge in [-0.25, -0.2) is 4.39 Å². The van der Waals surface area contributed by atoms with Crippen molar-refractivity contribution in [2.75, 3.05) is 46.2 Å². The number of nitrogens with zero attached hydrogens (tertiary/aromatic N) is 2. The van der Waals surface area contributed by atoms with E-state index in [9.17, 15) is 9.18 Å². The number of aromatic nitrogens is 1. The van der Waals surface area contributed by atoms with Crippen LogP contribution in [0.1, 0.15) is 12.0 Å². The fraction of sp³-hybridized carbons (Fsp3) is 0.348. The van der Waals surface area contributed by atoms with Gasteiger partial charge in [-0.1, -0.05) is 18.3 Å². The number of carbonyl (C=O) groups excluding carboxylic acids is 1. The van der Waals surface area contributed by atoms with Crippen molar-refractivity contribution in [1.29, 1.82) is 0 Å². The van der Waals surface area contributed by atoms with Gasteiger partial charge in [0.1, 0.15) is 17.3 Å². The molecule has 0 saturated carbocycles. The van der Waals surface area contributed by atoms with E-state index < -0.39 is 5.82 Å². The average molecular weight is 474 g/mol. The molecule has 33 heavy (non-hydrogen) atoms. The van der Waals surface area contributed by atoms with Crippen LogP contribution in [-0.2, 0) is 11.3 Å². The molecule has 0 radical (unpaired) electrons. The van der Waals surface area contributed by atoms with Crippen molar-refractivity contribution >= 4 is 28.8 Å². The molecule has 0 spiro atoms. The van der Waals surface area contributed by atoms with Crippen LogP contribution in [0.5, 0.6) is 11.5 Å². The highest BCUT2D eigenvalue weighted by atomic mass is 32.1. The van der Waals surface area contributed by atoms with Gasteiger partial charge in [-0.3, -0.25) is 9.78 Å². The predicted molar refractivity (Wildman–Crippen MR) is 129 cm³/mol. The summed E-state index contributed by atoms with van der Waals surface area (Å²) in [7, 11) is 5.33. The average Bonchev–Trinajstić information content (AvgIpc) is 2.78.